The molecule has 3 aromatic carbocycles. The first kappa shape index (κ1) is 26.5. The summed E-state index contributed by atoms with van der Waals surface area (Å²) in [7, 11) is 0.974. The number of sulfonamides is 1. The molecule has 0 aliphatic carbocycles. The van der Waals surface area contributed by atoms with Crippen LogP contribution >= 0.6 is 0 Å². The summed E-state index contributed by atoms with van der Waals surface area (Å²) >= 11 is 0. The minimum Gasteiger partial charge on any atom is -0.497 e. The molecule has 0 radical (unpaired) electrons. The van der Waals surface area contributed by atoms with Gasteiger partial charge in [-0.05, 0) is 36.4 Å². The summed E-state index contributed by atoms with van der Waals surface area (Å²) in [6.45, 7) is -0.853. The Kier molecular flexibility index (Phi) is 8.20. The lowest BCUT2D eigenvalue weighted by atomic mass is 10.2. The fraction of sp³-hybridized carbons (Fsp3) is 0.208. The van der Waals surface area contributed by atoms with E-state index in [0.29, 0.717) is 0 Å². The van der Waals surface area contributed by atoms with E-state index in [1.807, 2.05) is 0 Å². The first-order valence-corrected chi connectivity index (χ1v) is 11.8. The molecule has 0 saturated carbocycles. The largest absolute Gasteiger partial charge is 0.497 e. The van der Waals surface area contributed by atoms with Gasteiger partial charge in [0.25, 0.3) is 10.0 Å². The van der Waals surface area contributed by atoms with Gasteiger partial charge in [0.05, 0.1) is 39.0 Å². The highest BCUT2D eigenvalue weighted by Gasteiger charge is 2.31. The molecule has 12 heteroatoms. The molecule has 0 spiro atoms. The predicted octanol–water partition coefficient (Wildman–Crippen LogP) is 3.83. The molecule has 3 rings (SSSR count). The van der Waals surface area contributed by atoms with Crippen molar-refractivity contribution in [3.05, 3.63) is 66.2 Å². The second kappa shape index (κ2) is 11.1. The Labute approximate surface area is 207 Å². The lowest BCUT2D eigenvalue weighted by Gasteiger charge is -2.26. The van der Waals surface area contributed by atoms with Crippen LogP contribution in [0.15, 0.2) is 59.5 Å². The van der Waals surface area contributed by atoms with Crippen molar-refractivity contribution < 1.29 is 40.9 Å². The highest BCUT2D eigenvalue weighted by Crippen LogP contribution is 2.37. The van der Waals surface area contributed by atoms with Crippen LogP contribution in [0.1, 0.15) is 0 Å². The number of hydrogen-bond acceptors (Lipinski definition) is 7. The molecule has 0 fully saturated rings. The number of benzene rings is 3. The molecule has 9 nitrogen and oxygen atoms in total. The molecule has 0 saturated heterocycles. The maximum atomic E-state index is 14.1. The van der Waals surface area contributed by atoms with E-state index < -0.39 is 39.8 Å². The second-order valence-electron chi connectivity index (χ2n) is 7.21. The van der Waals surface area contributed by atoms with Gasteiger partial charge >= 0.3 is 0 Å². The Balaban J connectivity index is 2.12. The summed E-state index contributed by atoms with van der Waals surface area (Å²) in [5.74, 6) is -2.24. The van der Waals surface area contributed by atoms with Gasteiger partial charge in [-0.1, -0.05) is 6.07 Å². The summed E-state index contributed by atoms with van der Waals surface area (Å²) in [6.07, 6.45) is 0. The number of anilines is 2. The van der Waals surface area contributed by atoms with Crippen molar-refractivity contribution in [2.75, 3.05) is 44.6 Å². The average Bonchev–Trinajstić information content (AvgIpc) is 2.88. The molecule has 0 aliphatic heterocycles. The van der Waals surface area contributed by atoms with Crippen molar-refractivity contribution in [1.29, 1.82) is 0 Å². The van der Waals surface area contributed by atoms with E-state index >= 15 is 0 Å². The van der Waals surface area contributed by atoms with Crippen molar-refractivity contribution in [2.24, 2.45) is 0 Å². The van der Waals surface area contributed by atoms with Gasteiger partial charge in [-0.15, -0.1) is 0 Å². The van der Waals surface area contributed by atoms with Gasteiger partial charge in [-0.25, -0.2) is 17.2 Å². The minimum atomic E-state index is -4.46. The number of amides is 1. The fourth-order valence-corrected chi connectivity index (χ4v) is 4.76. The zero-order valence-corrected chi connectivity index (χ0v) is 20.7. The quantitative estimate of drug-likeness (QED) is 0.432. The molecule has 1 amide bonds. The molecule has 36 heavy (non-hydrogen) atoms. The van der Waals surface area contributed by atoms with E-state index in [0.717, 1.165) is 22.5 Å². The normalized spacial score (nSPS) is 10.9. The van der Waals surface area contributed by atoms with Crippen LogP contribution in [-0.4, -0.2) is 49.3 Å². The van der Waals surface area contributed by atoms with Crippen LogP contribution in [0.25, 0.3) is 0 Å². The Morgan fingerprint density at radius 2 is 1.44 bits per heavy atom. The smallest absolute Gasteiger partial charge is 0.265 e. The predicted molar refractivity (Wildman–Crippen MR) is 129 cm³/mol. The topological polar surface area (TPSA) is 103 Å². The number of halogens is 2. The second-order valence-corrected chi connectivity index (χ2v) is 9.07. The number of nitrogens with zero attached hydrogens (tertiary/aromatic N) is 1. The van der Waals surface area contributed by atoms with Gasteiger partial charge in [0, 0.05) is 12.1 Å². The molecule has 0 unspecified atom stereocenters. The lowest BCUT2D eigenvalue weighted by molar-refractivity contribution is -0.114. The van der Waals surface area contributed by atoms with Gasteiger partial charge < -0.3 is 24.3 Å². The van der Waals surface area contributed by atoms with Crippen molar-refractivity contribution >= 4 is 27.3 Å². The monoisotopic (exact) mass is 522 g/mol. The molecular weight excluding hydrogens is 498 g/mol. The first-order valence-electron chi connectivity index (χ1n) is 10.4. The number of nitrogens with one attached hydrogen (secondary N) is 1. The standard InChI is InChI=1S/C24H24F2N2O7S/c1-32-15-8-10-20(33-2)19(12-15)28(14-23(29)27-24-17(25)6-5-7-18(24)26)36(30,31)16-9-11-21(34-3)22(13-16)35-4/h5-13H,14H2,1-4H3,(H,27,29). The fourth-order valence-electron chi connectivity index (χ4n) is 3.32. The summed E-state index contributed by atoms with van der Waals surface area (Å²) in [4.78, 5) is 12.6. The Morgan fingerprint density at radius 1 is 0.833 bits per heavy atom. The third-order valence-electron chi connectivity index (χ3n) is 5.11. The summed E-state index contributed by atoms with van der Waals surface area (Å²) in [5, 5.41) is 2.10. The van der Waals surface area contributed by atoms with Gasteiger partial charge in [0.15, 0.2) is 11.5 Å². The SMILES string of the molecule is COc1ccc(OC)c(N(CC(=O)Nc2c(F)cccc2F)S(=O)(=O)c2ccc(OC)c(OC)c2)c1. The number of rotatable bonds is 10. The zero-order chi connectivity index (χ0) is 26.5. The highest BCUT2D eigenvalue weighted by molar-refractivity contribution is 7.92. The van der Waals surface area contributed by atoms with Crippen LogP contribution in [-0.2, 0) is 14.8 Å². The molecule has 0 aromatic heterocycles. The van der Waals surface area contributed by atoms with Crippen LogP contribution in [0, 0.1) is 11.6 Å². The lowest BCUT2D eigenvalue weighted by Crippen LogP contribution is -2.38. The molecule has 3 aromatic rings. The van der Waals surface area contributed by atoms with Gasteiger partial charge in [-0.3, -0.25) is 9.10 Å². The minimum absolute atomic E-state index is 0.0456. The maximum absolute atomic E-state index is 14.1. The van der Waals surface area contributed by atoms with Crippen LogP contribution in [0.2, 0.25) is 0 Å². The zero-order valence-electron chi connectivity index (χ0n) is 19.9. The van der Waals surface area contributed by atoms with Crippen molar-refractivity contribution in [2.45, 2.75) is 4.90 Å². The highest BCUT2D eigenvalue weighted by atomic mass is 32.2. The van der Waals surface area contributed by atoms with Crippen LogP contribution in [0.5, 0.6) is 23.0 Å². The molecule has 0 heterocycles. The van der Waals surface area contributed by atoms with Crippen LogP contribution in [0.4, 0.5) is 20.2 Å². The third-order valence-corrected chi connectivity index (χ3v) is 6.87. The van der Waals surface area contributed by atoms with E-state index in [4.69, 9.17) is 18.9 Å². The van der Waals surface area contributed by atoms with Gasteiger partial charge in [-0.2, -0.15) is 0 Å². The van der Waals surface area contributed by atoms with Crippen molar-refractivity contribution in [3.8, 4) is 23.0 Å². The van der Waals surface area contributed by atoms with Gasteiger partial charge in [0.1, 0.15) is 35.4 Å². The molecule has 192 valence electrons. The molecular formula is C24H24F2N2O7S. The van der Waals surface area contributed by atoms with E-state index in [-0.39, 0.29) is 33.6 Å². The van der Waals surface area contributed by atoms with E-state index in [9.17, 15) is 22.0 Å². The first-order chi connectivity index (χ1) is 17.2. The van der Waals surface area contributed by atoms with Gasteiger partial charge in [0.2, 0.25) is 5.91 Å². The number of para-hydroxylation sites is 1. The van der Waals surface area contributed by atoms with E-state index in [1.54, 1.807) is 6.07 Å². The number of ether oxygens (including phenoxy) is 4. The van der Waals surface area contributed by atoms with Crippen molar-refractivity contribution in [3.63, 3.8) is 0 Å². The average molecular weight is 523 g/mol. The molecule has 0 atom stereocenters. The Morgan fingerprint density at radius 3 is 2.03 bits per heavy atom. The maximum Gasteiger partial charge on any atom is 0.265 e. The third kappa shape index (κ3) is 5.43. The Bertz CT molecular complexity index is 1350. The molecule has 0 bridgehead atoms. The summed E-state index contributed by atoms with van der Waals surface area (Å²) < 4.78 is 77.4. The van der Waals surface area contributed by atoms with Crippen LogP contribution < -0.4 is 28.6 Å². The van der Waals surface area contributed by atoms with E-state index in [1.165, 1.54) is 58.8 Å². The Hall–Kier alpha value is -4.06. The number of methoxy groups -OCH3 is 4. The molecule has 0 aliphatic rings. The molecule has 1 N–H and O–H groups in total. The van der Waals surface area contributed by atoms with Crippen molar-refractivity contribution in [1.82, 2.24) is 0 Å². The summed E-state index contributed by atoms with van der Waals surface area (Å²) in [5.41, 5.74) is -0.751. The van der Waals surface area contributed by atoms with E-state index in [2.05, 4.69) is 5.32 Å². The number of hydrogen-bond donors (Lipinski definition) is 1. The summed E-state index contributed by atoms with van der Waals surface area (Å²) in [6, 6.07) is 11.3. The van der Waals surface area contributed by atoms with Crippen LogP contribution in [0.3, 0.4) is 0 Å². The number of carbonyl (C=O) groups is 1. The number of carbonyl (C=O) groups excluding carboxylic acids is 1.